The molecule has 7 heteroatoms. The molecule has 0 saturated heterocycles. The normalized spacial score (nSPS) is 10.3. The van der Waals surface area contributed by atoms with Gasteiger partial charge in [-0.25, -0.2) is 14.8 Å². The fourth-order valence-electron chi connectivity index (χ4n) is 1.50. The lowest BCUT2D eigenvalue weighted by atomic mass is 10.3. The minimum atomic E-state index is -0.922. The van der Waals surface area contributed by atoms with E-state index in [1.54, 1.807) is 12.3 Å². The zero-order valence-corrected chi connectivity index (χ0v) is 11.0. The Morgan fingerprint density at radius 3 is 2.74 bits per heavy atom. The third-order valence-corrected chi connectivity index (χ3v) is 2.51. The van der Waals surface area contributed by atoms with E-state index >= 15 is 0 Å². The third-order valence-electron chi connectivity index (χ3n) is 2.51. The number of hydrogen-bond acceptors (Lipinski definition) is 4. The van der Waals surface area contributed by atoms with Crippen molar-refractivity contribution in [3.8, 4) is 0 Å². The predicted octanol–water partition coefficient (Wildman–Crippen LogP) is 0.871. The maximum absolute atomic E-state index is 11.9. The third kappa shape index (κ3) is 5.33. The van der Waals surface area contributed by atoms with E-state index in [0.29, 0.717) is 5.69 Å². The van der Waals surface area contributed by atoms with Crippen molar-refractivity contribution in [2.45, 2.75) is 32.9 Å². The predicted molar refractivity (Wildman–Crippen MR) is 68.4 cm³/mol. The second kappa shape index (κ2) is 7.30. The molecule has 2 N–H and O–H groups in total. The van der Waals surface area contributed by atoms with Crippen molar-refractivity contribution in [2.75, 3.05) is 6.54 Å². The Balaban J connectivity index is 2.50. The number of amides is 2. The first-order chi connectivity index (χ1) is 9.00. The summed E-state index contributed by atoms with van der Waals surface area (Å²) in [6.07, 6.45) is 2.93. The summed E-state index contributed by atoms with van der Waals surface area (Å²) in [6, 6.07) is 1.34. The van der Waals surface area contributed by atoms with Gasteiger partial charge in [-0.3, -0.25) is 4.79 Å². The molecule has 0 fully saturated rings. The number of nitrogens with one attached hydrogen (secondary N) is 1. The molecule has 2 amide bonds. The quantitative estimate of drug-likeness (QED) is 0.796. The summed E-state index contributed by atoms with van der Waals surface area (Å²) in [5, 5.41) is 11.4. The number of urea groups is 1. The second-order valence-electron chi connectivity index (χ2n) is 4.29. The van der Waals surface area contributed by atoms with E-state index in [1.807, 2.05) is 13.8 Å². The van der Waals surface area contributed by atoms with Gasteiger partial charge in [0, 0.05) is 18.8 Å². The van der Waals surface area contributed by atoms with Crippen molar-refractivity contribution < 1.29 is 14.7 Å². The lowest BCUT2D eigenvalue weighted by Crippen LogP contribution is -2.44. The number of hydrogen-bond donors (Lipinski definition) is 2. The van der Waals surface area contributed by atoms with Gasteiger partial charge in [0.15, 0.2) is 0 Å². The maximum Gasteiger partial charge on any atom is 0.317 e. The standard InChI is InChI=1S/C12H18N4O3/c1-9(2)16(6-4-11(17)18)12(19)14-7-10-3-5-13-8-15-10/h3,5,8-9H,4,6-7H2,1-2H3,(H,14,19)(H,17,18). The summed E-state index contributed by atoms with van der Waals surface area (Å²) in [6.45, 7) is 4.15. The van der Waals surface area contributed by atoms with Crippen molar-refractivity contribution in [3.63, 3.8) is 0 Å². The molecule has 19 heavy (non-hydrogen) atoms. The number of nitrogens with zero attached hydrogens (tertiary/aromatic N) is 3. The molecule has 104 valence electrons. The number of aromatic nitrogens is 2. The summed E-state index contributed by atoms with van der Waals surface area (Å²) in [7, 11) is 0. The summed E-state index contributed by atoms with van der Waals surface area (Å²) in [4.78, 5) is 31.8. The molecule has 0 aliphatic carbocycles. The highest BCUT2D eigenvalue weighted by Gasteiger charge is 2.17. The van der Waals surface area contributed by atoms with Crippen molar-refractivity contribution in [2.24, 2.45) is 0 Å². The van der Waals surface area contributed by atoms with Crippen LogP contribution in [0.2, 0.25) is 0 Å². The molecule has 0 radical (unpaired) electrons. The lowest BCUT2D eigenvalue weighted by Gasteiger charge is -2.26. The average molecular weight is 266 g/mol. The van der Waals surface area contributed by atoms with Crippen LogP contribution in [0.1, 0.15) is 26.0 Å². The van der Waals surface area contributed by atoms with Crippen molar-refractivity contribution in [1.82, 2.24) is 20.2 Å². The minimum absolute atomic E-state index is 0.0650. The number of carbonyl (C=O) groups excluding carboxylic acids is 1. The summed E-state index contributed by atoms with van der Waals surface area (Å²) < 4.78 is 0. The van der Waals surface area contributed by atoms with Crippen LogP contribution in [0.25, 0.3) is 0 Å². The second-order valence-corrected chi connectivity index (χ2v) is 4.29. The number of carboxylic acid groups (broad SMARTS) is 1. The van der Waals surface area contributed by atoms with Crippen LogP contribution in [0.3, 0.4) is 0 Å². The number of rotatable bonds is 6. The molecular weight excluding hydrogens is 248 g/mol. The Hall–Kier alpha value is -2.18. The minimum Gasteiger partial charge on any atom is -0.481 e. The van der Waals surface area contributed by atoms with Crippen LogP contribution in [-0.4, -0.2) is 44.6 Å². The van der Waals surface area contributed by atoms with E-state index in [2.05, 4.69) is 15.3 Å². The highest BCUT2D eigenvalue weighted by Crippen LogP contribution is 2.01. The van der Waals surface area contributed by atoms with Crippen LogP contribution in [0.15, 0.2) is 18.6 Å². The number of carboxylic acids is 1. The van der Waals surface area contributed by atoms with Gasteiger partial charge in [-0.2, -0.15) is 0 Å². The van der Waals surface area contributed by atoms with Crippen molar-refractivity contribution in [3.05, 3.63) is 24.3 Å². The fraction of sp³-hybridized carbons (Fsp3) is 0.500. The topological polar surface area (TPSA) is 95.4 Å². The highest BCUT2D eigenvalue weighted by molar-refractivity contribution is 5.75. The maximum atomic E-state index is 11.9. The molecule has 0 aliphatic heterocycles. The SMILES string of the molecule is CC(C)N(CCC(=O)O)C(=O)NCc1ccncn1. The first-order valence-electron chi connectivity index (χ1n) is 6.02. The lowest BCUT2D eigenvalue weighted by molar-refractivity contribution is -0.137. The number of aliphatic carboxylic acids is 1. The molecule has 0 aromatic carbocycles. The Morgan fingerprint density at radius 2 is 2.21 bits per heavy atom. The Morgan fingerprint density at radius 1 is 1.47 bits per heavy atom. The molecule has 7 nitrogen and oxygen atoms in total. The van der Waals surface area contributed by atoms with Gasteiger partial charge in [0.05, 0.1) is 18.7 Å². The highest BCUT2D eigenvalue weighted by atomic mass is 16.4. The van der Waals surface area contributed by atoms with E-state index < -0.39 is 5.97 Å². The number of carbonyl (C=O) groups is 2. The Kier molecular flexibility index (Phi) is 5.72. The Bertz CT molecular complexity index is 422. The van der Waals surface area contributed by atoms with Gasteiger partial charge in [0.25, 0.3) is 0 Å². The van der Waals surface area contributed by atoms with Crippen LogP contribution in [0.5, 0.6) is 0 Å². The van der Waals surface area contributed by atoms with E-state index in [1.165, 1.54) is 11.2 Å². The van der Waals surface area contributed by atoms with E-state index in [-0.39, 0.29) is 31.6 Å². The summed E-state index contributed by atoms with van der Waals surface area (Å²) >= 11 is 0. The summed E-state index contributed by atoms with van der Waals surface area (Å²) in [5.74, 6) is -0.922. The van der Waals surface area contributed by atoms with E-state index in [9.17, 15) is 9.59 Å². The van der Waals surface area contributed by atoms with Gasteiger partial charge >= 0.3 is 12.0 Å². The van der Waals surface area contributed by atoms with Crippen LogP contribution < -0.4 is 5.32 Å². The largest absolute Gasteiger partial charge is 0.481 e. The molecule has 1 aromatic rings. The van der Waals surface area contributed by atoms with Crippen molar-refractivity contribution >= 4 is 12.0 Å². The Labute approximate surface area is 111 Å². The van der Waals surface area contributed by atoms with Crippen LogP contribution in [-0.2, 0) is 11.3 Å². The first kappa shape index (κ1) is 14.9. The molecular formula is C12H18N4O3. The first-order valence-corrected chi connectivity index (χ1v) is 6.02. The van der Waals surface area contributed by atoms with Crippen LogP contribution >= 0.6 is 0 Å². The smallest absolute Gasteiger partial charge is 0.317 e. The molecule has 0 bridgehead atoms. The molecule has 1 rings (SSSR count). The monoisotopic (exact) mass is 266 g/mol. The van der Waals surface area contributed by atoms with Gasteiger partial charge in [0.1, 0.15) is 6.33 Å². The summed E-state index contributed by atoms with van der Waals surface area (Å²) in [5.41, 5.74) is 0.699. The molecule has 0 unspecified atom stereocenters. The molecule has 0 saturated carbocycles. The fourth-order valence-corrected chi connectivity index (χ4v) is 1.50. The van der Waals surface area contributed by atoms with Gasteiger partial charge in [-0.1, -0.05) is 0 Å². The average Bonchev–Trinajstić information content (AvgIpc) is 2.37. The molecule has 1 aromatic heterocycles. The van der Waals surface area contributed by atoms with E-state index in [4.69, 9.17) is 5.11 Å². The van der Waals surface area contributed by atoms with Gasteiger partial charge in [0.2, 0.25) is 0 Å². The van der Waals surface area contributed by atoms with Crippen molar-refractivity contribution in [1.29, 1.82) is 0 Å². The van der Waals surface area contributed by atoms with Gasteiger partial charge < -0.3 is 15.3 Å². The molecule has 1 heterocycles. The molecule has 0 spiro atoms. The van der Waals surface area contributed by atoms with Gasteiger partial charge in [-0.05, 0) is 19.9 Å². The zero-order chi connectivity index (χ0) is 14.3. The zero-order valence-electron chi connectivity index (χ0n) is 11.0. The van der Waals surface area contributed by atoms with Crippen LogP contribution in [0, 0.1) is 0 Å². The van der Waals surface area contributed by atoms with Crippen LogP contribution in [0.4, 0.5) is 4.79 Å². The molecule has 0 aliphatic rings. The van der Waals surface area contributed by atoms with E-state index in [0.717, 1.165) is 0 Å². The van der Waals surface area contributed by atoms with Gasteiger partial charge in [-0.15, -0.1) is 0 Å². The molecule has 0 atom stereocenters.